The number of hydrogen-bond acceptors (Lipinski definition) is 7. The van der Waals surface area contributed by atoms with E-state index in [-0.39, 0.29) is 6.09 Å². The standard InChI is InChI=1S/C26H39N5O3/c1-5-23-27-24(28-34-23)21-6-8-22(9-7-21)30-18-16-29(17-19-30)13-10-20-11-14-31(15-12-20)25(32)33-26(2,3)4/h6-9,20H,5,10-19H2,1-4H3. The number of amides is 1. The maximum absolute atomic E-state index is 12.3. The Morgan fingerprint density at radius 1 is 1.06 bits per heavy atom. The van der Waals surface area contributed by atoms with Crippen LogP contribution in [0.3, 0.4) is 0 Å². The van der Waals surface area contributed by atoms with Crippen LogP contribution >= 0.6 is 0 Å². The quantitative estimate of drug-likeness (QED) is 0.618. The van der Waals surface area contributed by atoms with E-state index in [4.69, 9.17) is 9.26 Å². The van der Waals surface area contributed by atoms with Gasteiger partial charge in [0.2, 0.25) is 11.7 Å². The van der Waals surface area contributed by atoms with Gasteiger partial charge >= 0.3 is 6.09 Å². The zero-order valence-corrected chi connectivity index (χ0v) is 21.1. The molecule has 0 spiro atoms. The molecule has 0 saturated carbocycles. The molecule has 0 radical (unpaired) electrons. The van der Waals surface area contributed by atoms with Crippen molar-refractivity contribution in [2.45, 2.75) is 59.0 Å². The second-order valence-corrected chi connectivity index (χ2v) is 10.4. The van der Waals surface area contributed by atoms with E-state index >= 15 is 0 Å². The lowest BCUT2D eigenvalue weighted by molar-refractivity contribution is 0.0177. The van der Waals surface area contributed by atoms with Crippen molar-refractivity contribution in [1.82, 2.24) is 19.9 Å². The van der Waals surface area contributed by atoms with Gasteiger partial charge in [-0.15, -0.1) is 0 Å². The molecule has 2 aliphatic rings. The minimum Gasteiger partial charge on any atom is -0.444 e. The molecule has 2 aliphatic heterocycles. The van der Waals surface area contributed by atoms with Crippen LogP contribution in [0.1, 0.15) is 52.8 Å². The zero-order chi connectivity index (χ0) is 24.1. The summed E-state index contributed by atoms with van der Waals surface area (Å²) >= 11 is 0. The van der Waals surface area contributed by atoms with Crippen molar-refractivity contribution in [3.05, 3.63) is 30.2 Å². The third-order valence-corrected chi connectivity index (χ3v) is 6.75. The number of benzene rings is 1. The summed E-state index contributed by atoms with van der Waals surface area (Å²) < 4.78 is 10.7. The molecule has 8 heteroatoms. The van der Waals surface area contributed by atoms with E-state index in [1.54, 1.807) is 0 Å². The number of likely N-dealkylation sites (tertiary alicyclic amines) is 1. The van der Waals surface area contributed by atoms with Crippen LogP contribution in [-0.2, 0) is 11.2 Å². The molecule has 3 heterocycles. The summed E-state index contributed by atoms with van der Waals surface area (Å²) in [7, 11) is 0. The molecular weight excluding hydrogens is 430 g/mol. The van der Waals surface area contributed by atoms with Gasteiger partial charge < -0.3 is 19.1 Å². The third-order valence-electron chi connectivity index (χ3n) is 6.75. The van der Waals surface area contributed by atoms with Crippen molar-refractivity contribution in [3.8, 4) is 11.4 Å². The Kier molecular flexibility index (Phi) is 7.76. The Hall–Kier alpha value is -2.61. The first-order valence-corrected chi connectivity index (χ1v) is 12.7. The number of ether oxygens (including phenoxy) is 1. The van der Waals surface area contributed by atoms with Gasteiger partial charge in [0.1, 0.15) is 5.60 Å². The lowest BCUT2D eigenvalue weighted by atomic mass is 9.93. The molecule has 186 valence electrons. The first-order valence-electron chi connectivity index (χ1n) is 12.7. The van der Waals surface area contributed by atoms with Gasteiger partial charge in [-0.3, -0.25) is 4.90 Å². The van der Waals surface area contributed by atoms with Crippen molar-refractivity contribution in [2.24, 2.45) is 5.92 Å². The maximum Gasteiger partial charge on any atom is 0.410 e. The van der Waals surface area contributed by atoms with Gasteiger partial charge in [-0.05, 0) is 76.8 Å². The minimum absolute atomic E-state index is 0.168. The van der Waals surface area contributed by atoms with Crippen molar-refractivity contribution in [2.75, 3.05) is 50.7 Å². The molecular formula is C26H39N5O3. The first kappa shape index (κ1) is 24.5. The van der Waals surface area contributed by atoms with E-state index in [0.29, 0.717) is 17.6 Å². The van der Waals surface area contributed by atoms with E-state index in [1.165, 1.54) is 12.1 Å². The van der Waals surface area contributed by atoms with Gasteiger partial charge in [0, 0.05) is 56.9 Å². The van der Waals surface area contributed by atoms with Crippen LogP contribution in [0.5, 0.6) is 0 Å². The summed E-state index contributed by atoms with van der Waals surface area (Å²) in [5.41, 5.74) is 1.81. The van der Waals surface area contributed by atoms with Crippen LogP contribution in [0.4, 0.5) is 10.5 Å². The number of piperidine rings is 1. The Bertz CT molecular complexity index is 921. The molecule has 1 aromatic heterocycles. The molecule has 2 aromatic rings. The summed E-state index contributed by atoms with van der Waals surface area (Å²) in [6.07, 6.45) is 3.94. The molecule has 34 heavy (non-hydrogen) atoms. The summed E-state index contributed by atoms with van der Waals surface area (Å²) in [4.78, 5) is 23.6. The number of anilines is 1. The highest BCUT2D eigenvalue weighted by molar-refractivity contribution is 5.68. The fourth-order valence-corrected chi connectivity index (χ4v) is 4.66. The summed E-state index contributed by atoms with van der Waals surface area (Å²) in [5.74, 6) is 2.02. The zero-order valence-electron chi connectivity index (χ0n) is 21.1. The maximum atomic E-state index is 12.3. The van der Waals surface area contributed by atoms with Gasteiger partial charge in [0.25, 0.3) is 0 Å². The van der Waals surface area contributed by atoms with E-state index in [1.807, 2.05) is 32.6 Å². The lowest BCUT2D eigenvalue weighted by Gasteiger charge is -2.38. The van der Waals surface area contributed by atoms with E-state index in [0.717, 1.165) is 70.6 Å². The Morgan fingerprint density at radius 2 is 1.74 bits per heavy atom. The largest absolute Gasteiger partial charge is 0.444 e. The normalized spacial score (nSPS) is 18.4. The molecule has 0 unspecified atom stereocenters. The SMILES string of the molecule is CCc1nc(-c2ccc(N3CCN(CCC4CCN(C(=O)OC(C)(C)C)CC4)CC3)cc2)no1. The Labute approximate surface area is 203 Å². The second-order valence-electron chi connectivity index (χ2n) is 10.4. The average Bonchev–Trinajstić information content (AvgIpc) is 3.32. The van der Waals surface area contributed by atoms with Gasteiger partial charge in [-0.25, -0.2) is 4.79 Å². The first-order chi connectivity index (χ1) is 16.3. The molecule has 2 fully saturated rings. The topological polar surface area (TPSA) is 74.9 Å². The number of aromatic nitrogens is 2. The van der Waals surface area contributed by atoms with Crippen LogP contribution in [-0.4, -0.2) is 77.4 Å². The molecule has 0 atom stereocenters. The van der Waals surface area contributed by atoms with Crippen LogP contribution in [0, 0.1) is 5.92 Å². The van der Waals surface area contributed by atoms with Gasteiger partial charge in [0.05, 0.1) is 0 Å². The van der Waals surface area contributed by atoms with Crippen molar-refractivity contribution in [3.63, 3.8) is 0 Å². The predicted octanol–water partition coefficient (Wildman–Crippen LogP) is 4.46. The summed E-state index contributed by atoms with van der Waals surface area (Å²) in [6.45, 7) is 14.8. The van der Waals surface area contributed by atoms with Crippen LogP contribution in [0.15, 0.2) is 28.8 Å². The van der Waals surface area contributed by atoms with E-state index in [9.17, 15) is 4.79 Å². The highest BCUT2D eigenvalue weighted by Gasteiger charge is 2.27. The summed E-state index contributed by atoms with van der Waals surface area (Å²) in [5, 5.41) is 4.06. The molecule has 0 aliphatic carbocycles. The predicted molar refractivity (Wildman–Crippen MR) is 133 cm³/mol. The number of carbonyl (C=O) groups excluding carboxylic acids is 1. The number of aryl methyl sites for hydroxylation is 1. The number of carbonyl (C=O) groups is 1. The monoisotopic (exact) mass is 469 g/mol. The number of rotatable bonds is 6. The molecule has 0 bridgehead atoms. The number of hydrogen-bond donors (Lipinski definition) is 0. The molecule has 1 amide bonds. The van der Waals surface area contributed by atoms with Crippen molar-refractivity contribution >= 4 is 11.8 Å². The molecule has 4 rings (SSSR count). The minimum atomic E-state index is -0.426. The third kappa shape index (κ3) is 6.50. The molecule has 2 saturated heterocycles. The van der Waals surface area contributed by atoms with Crippen LogP contribution in [0.25, 0.3) is 11.4 Å². The van der Waals surface area contributed by atoms with Gasteiger partial charge in [-0.2, -0.15) is 4.98 Å². The smallest absolute Gasteiger partial charge is 0.410 e. The lowest BCUT2D eigenvalue weighted by Crippen LogP contribution is -2.47. The Morgan fingerprint density at radius 3 is 2.32 bits per heavy atom. The van der Waals surface area contributed by atoms with E-state index < -0.39 is 5.60 Å². The molecule has 1 aromatic carbocycles. The fourth-order valence-electron chi connectivity index (χ4n) is 4.66. The average molecular weight is 470 g/mol. The van der Waals surface area contributed by atoms with Gasteiger partial charge in [-0.1, -0.05) is 12.1 Å². The van der Waals surface area contributed by atoms with Gasteiger partial charge in [0.15, 0.2) is 0 Å². The number of piperazine rings is 1. The number of nitrogens with zero attached hydrogens (tertiary/aromatic N) is 5. The molecule has 8 nitrogen and oxygen atoms in total. The highest BCUT2D eigenvalue weighted by Crippen LogP contribution is 2.25. The van der Waals surface area contributed by atoms with Crippen LogP contribution < -0.4 is 4.90 Å². The van der Waals surface area contributed by atoms with Crippen molar-refractivity contribution in [1.29, 1.82) is 0 Å². The Balaban J connectivity index is 1.17. The highest BCUT2D eigenvalue weighted by atomic mass is 16.6. The summed E-state index contributed by atoms with van der Waals surface area (Å²) in [6, 6.07) is 8.47. The van der Waals surface area contributed by atoms with Crippen molar-refractivity contribution < 1.29 is 14.1 Å². The van der Waals surface area contributed by atoms with E-state index in [2.05, 4.69) is 44.2 Å². The van der Waals surface area contributed by atoms with Crippen LogP contribution in [0.2, 0.25) is 0 Å². The second kappa shape index (κ2) is 10.8. The fraction of sp³-hybridized carbons (Fsp3) is 0.654. The molecule has 0 N–H and O–H groups in total.